The van der Waals surface area contributed by atoms with Crippen LogP contribution in [0.3, 0.4) is 0 Å². The number of oxazole rings is 1. The van der Waals surface area contributed by atoms with Crippen molar-refractivity contribution in [2.75, 3.05) is 7.11 Å². The van der Waals surface area contributed by atoms with Crippen LogP contribution in [0.2, 0.25) is 0 Å². The number of nitrogens with zero attached hydrogens (tertiary/aromatic N) is 4. The summed E-state index contributed by atoms with van der Waals surface area (Å²) in [4.78, 5) is 15.5. The SMILES string of the molecule is COc1ccc(-c2nc(Cn3nnc(C(=O)O)c3C)c(C)o2)cc1. The number of aromatic carboxylic acids is 1. The maximum Gasteiger partial charge on any atom is 0.358 e. The van der Waals surface area contributed by atoms with E-state index in [2.05, 4.69) is 15.3 Å². The summed E-state index contributed by atoms with van der Waals surface area (Å²) in [5.41, 5.74) is 1.90. The number of methoxy groups -OCH3 is 1. The van der Waals surface area contributed by atoms with Crippen LogP contribution >= 0.6 is 0 Å². The largest absolute Gasteiger partial charge is 0.497 e. The lowest BCUT2D eigenvalue weighted by atomic mass is 10.2. The quantitative estimate of drug-likeness (QED) is 0.766. The summed E-state index contributed by atoms with van der Waals surface area (Å²) in [5.74, 6) is 0.783. The molecule has 3 aromatic rings. The molecule has 1 N–H and O–H groups in total. The van der Waals surface area contributed by atoms with Crippen LogP contribution in [0.1, 0.15) is 27.6 Å². The maximum absolute atomic E-state index is 11.0. The fourth-order valence-electron chi connectivity index (χ4n) is 2.28. The Labute approximate surface area is 137 Å². The van der Waals surface area contributed by atoms with Crippen molar-refractivity contribution in [1.82, 2.24) is 20.0 Å². The molecule has 0 aliphatic rings. The van der Waals surface area contributed by atoms with Crippen molar-refractivity contribution < 1.29 is 19.1 Å². The summed E-state index contributed by atoms with van der Waals surface area (Å²) >= 11 is 0. The van der Waals surface area contributed by atoms with Gasteiger partial charge in [0, 0.05) is 5.56 Å². The molecule has 0 amide bonds. The third-order valence-corrected chi connectivity index (χ3v) is 3.71. The number of hydrogen-bond acceptors (Lipinski definition) is 6. The third-order valence-electron chi connectivity index (χ3n) is 3.71. The molecule has 0 spiro atoms. The first-order valence-electron chi connectivity index (χ1n) is 7.23. The van der Waals surface area contributed by atoms with Gasteiger partial charge in [-0.2, -0.15) is 0 Å². The van der Waals surface area contributed by atoms with Crippen LogP contribution in [0.4, 0.5) is 0 Å². The predicted octanol–water partition coefficient (Wildman–Crippen LogP) is 2.31. The van der Waals surface area contributed by atoms with Gasteiger partial charge in [0.2, 0.25) is 5.89 Å². The number of benzene rings is 1. The molecular weight excluding hydrogens is 312 g/mol. The highest BCUT2D eigenvalue weighted by Crippen LogP contribution is 2.24. The maximum atomic E-state index is 11.0. The fourth-order valence-corrected chi connectivity index (χ4v) is 2.28. The summed E-state index contributed by atoms with van der Waals surface area (Å²) in [5, 5.41) is 16.6. The van der Waals surface area contributed by atoms with Gasteiger partial charge < -0.3 is 14.3 Å². The molecule has 1 aromatic carbocycles. The fraction of sp³-hybridized carbons (Fsp3) is 0.250. The summed E-state index contributed by atoms with van der Waals surface area (Å²) in [6.45, 7) is 3.75. The van der Waals surface area contributed by atoms with Gasteiger partial charge >= 0.3 is 5.97 Å². The molecule has 0 saturated heterocycles. The number of rotatable bonds is 5. The van der Waals surface area contributed by atoms with E-state index in [1.165, 1.54) is 4.68 Å². The van der Waals surface area contributed by atoms with E-state index in [1.807, 2.05) is 24.3 Å². The van der Waals surface area contributed by atoms with E-state index in [0.717, 1.165) is 11.3 Å². The molecule has 8 heteroatoms. The van der Waals surface area contributed by atoms with Gasteiger partial charge in [0.15, 0.2) is 5.69 Å². The average molecular weight is 328 g/mol. The minimum atomic E-state index is -1.10. The molecule has 0 saturated carbocycles. The van der Waals surface area contributed by atoms with E-state index in [4.69, 9.17) is 14.3 Å². The van der Waals surface area contributed by atoms with Crippen LogP contribution < -0.4 is 4.74 Å². The molecule has 124 valence electrons. The summed E-state index contributed by atoms with van der Waals surface area (Å²) in [6.07, 6.45) is 0. The Morgan fingerprint density at radius 1 is 1.29 bits per heavy atom. The number of carbonyl (C=O) groups is 1. The molecular formula is C16H16N4O4. The topological polar surface area (TPSA) is 103 Å². The van der Waals surface area contributed by atoms with Gasteiger partial charge in [-0.25, -0.2) is 14.5 Å². The number of carboxylic acids is 1. The Bertz CT molecular complexity index is 880. The number of hydrogen-bond donors (Lipinski definition) is 1. The lowest BCUT2D eigenvalue weighted by Gasteiger charge is -2.00. The van der Waals surface area contributed by atoms with Crippen LogP contribution in [-0.2, 0) is 6.54 Å². The molecule has 0 fully saturated rings. The first-order valence-corrected chi connectivity index (χ1v) is 7.23. The molecule has 0 unspecified atom stereocenters. The number of aromatic nitrogens is 4. The first kappa shape index (κ1) is 15.7. The summed E-state index contributed by atoms with van der Waals surface area (Å²) in [7, 11) is 1.61. The average Bonchev–Trinajstić information content (AvgIpc) is 3.12. The zero-order valence-electron chi connectivity index (χ0n) is 13.5. The Hall–Kier alpha value is -3.16. The van der Waals surface area contributed by atoms with E-state index in [-0.39, 0.29) is 12.2 Å². The van der Waals surface area contributed by atoms with Crippen molar-refractivity contribution in [1.29, 1.82) is 0 Å². The van der Waals surface area contributed by atoms with Crippen molar-refractivity contribution in [3.63, 3.8) is 0 Å². The highest BCUT2D eigenvalue weighted by molar-refractivity contribution is 5.86. The molecule has 2 heterocycles. The predicted molar refractivity (Wildman–Crippen MR) is 84.0 cm³/mol. The molecule has 2 aromatic heterocycles. The van der Waals surface area contributed by atoms with Crippen molar-refractivity contribution in [3.8, 4) is 17.2 Å². The van der Waals surface area contributed by atoms with E-state index in [0.29, 0.717) is 23.0 Å². The van der Waals surface area contributed by atoms with E-state index < -0.39 is 5.97 Å². The third kappa shape index (κ3) is 2.85. The number of ether oxygens (including phenoxy) is 1. The standard InChI is InChI=1S/C16H16N4O4/c1-9-14(16(21)22)18-19-20(9)8-13-10(2)24-15(17-13)11-4-6-12(23-3)7-5-11/h4-7H,8H2,1-3H3,(H,21,22). The van der Waals surface area contributed by atoms with E-state index in [1.54, 1.807) is 21.0 Å². The van der Waals surface area contributed by atoms with Crippen molar-refractivity contribution in [2.24, 2.45) is 0 Å². The molecule has 24 heavy (non-hydrogen) atoms. The lowest BCUT2D eigenvalue weighted by Crippen LogP contribution is -2.07. The zero-order chi connectivity index (χ0) is 17.3. The molecule has 0 radical (unpaired) electrons. The minimum Gasteiger partial charge on any atom is -0.497 e. The van der Waals surface area contributed by atoms with Crippen LogP contribution in [0.5, 0.6) is 5.75 Å². The van der Waals surface area contributed by atoms with Crippen molar-refractivity contribution in [3.05, 3.63) is 47.1 Å². The molecule has 3 rings (SSSR count). The molecule has 0 aliphatic heterocycles. The van der Waals surface area contributed by atoms with Gasteiger partial charge in [0.25, 0.3) is 0 Å². The first-order chi connectivity index (χ1) is 11.5. The van der Waals surface area contributed by atoms with Crippen LogP contribution in [0.25, 0.3) is 11.5 Å². The molecule has 0 aliphatic carbocycles. The second-order valence-electron chi connectivity index (χ2n) is 5.24. The Balaban J connectivity index is 1.87. The Morgan fingerprint density at radius 3 is 2.58 bits per heavy atom. The van der Waals surface area contributed by atoms with Gasteiger partial charge in [-0.05, 0) is 38.1 Å². The van der Waals surface area contributed by atoms with Gasteiger partial charge in [-0.3, -0.25) is 0 Å². The lowest BCUT2D eigenvalue weighted by molar-refractivity contribution is 0.0689. The Kier molecular flexibility index (Phi) is 4.03. The molecule has 0 bridgehead atoms. The zero-order valence-corrected chi connectivity index (χ0v) is 13.5. The number of aryl methyl sites for hydroxylation is 1. The minimum absolute atomic E-state index is 0.0634. The monoisotopic (exact) mass is 328 g/mol. The summed E-state index contributed by atoms with van der Waals surface area (Å²) < 4.78 is 12.3. The van der Waals surface area contributed by atoms with Crippen molar-refractivity contribution >= 4 is 5.97 Å². The van der Waals surface area contributed by atoms with Gasteiger partial charge in [-0.1, -0.05) is 5.21 Å². The van der Waals surface area contributed by atoms with Crippen LogP contribution in [0, 0.1) is 13.8 Å². The highest BCUT2D eigenvalue weighted by Gasteiger charge is 2.18. The van der Waals surface area contributed by atoms with Crippen LogP contribution in [0.15, 0.2) is 28.7 Å². The Morgan fingerprint density at radius 2 is 2.00 bits per heavy atom. The molecule has 0 atom stereocenters. The second-order valence-corrected chi connectivity index (χ2v) is 5.24. The normalized spacial score (nSPS) is 10.8. The van der Waals surface area contributed by atoms with Gasteiger partial charge in [-0.15, -0.1) is 5.10 Å². The van der Waals surface area contributed by atoms with E-state index in [9.17, 15) is 4.79 Å². The van der Waals surface area contributed by atoms with E-state index >= 15 is 0 Å². The van der Waals surface area contributed by atoms with Crippen molar-refractivity contribution in [2.45, 2.75) is 20.4 Å². The molecule has 8 nitrogen and oxygen atoms in total. The van der Waals surface area contributed by atoms with Crippen LogP contribution in [-0.4, -0.2) is 38.2 Å². The van der Waals surface area contributed by atoms with Gasteiger partial charge in [0.1, 0.15) is 17.2 Å². The highest BCUT2D eigenvalue weighted by atomic mass is 16.5. The second kappa shape index (κ2) is 6.15. The van der Waals surface area contributed by atoms with Gasteiger partial charge in [0.05, 0.1) is 19.3 Å². The number of carboxylic acid groups (broad SMARTS) is 1. The summed E-state index contributed by atoms with van der Waals surface area (Å²) in [6, 6.07) is 7.37. The smallest absolute Gasteiger partial charge is 0.358 e.